The van der Waals surface area contributed by atoms with Crippen molar-refractivity contribution < 1.29 is 4.39 Å². The van der Waals surface area contributed by atoms with Crippen LogP contribution >= 0.6 is 23.2 Å². The van der Waals surface area contributed by atoms with Crippen molar-refractivity contribution >= 4 is 51.2 Å². The molecule has 12 heteroatoms. The fourth-order valence-corrected chi connectivity index (χ4v) is 6.42. The Hall–Kier alpha value is -4.30. The van der Waals surface area contributed by atoms with Crippen LogP contribution < -0.4 is 16.0 Å². The topological polar surface area (TPSA) is 116 Å². The van der Waals surface area contributed by atoms with E-state index in [4.69, 9.17) is 23.2 Å². The zero-order chi connectivity index (χ0) is 32.6. The number of anilines is 3. The van der Waals surface area contributed by atoms with E-state index in [1.165, 1.54) is 12.3 Å². The average Bonchev–Trinajstić information content (AvgIpc) is 3.53. The molecule has 5 aromatic rings. The van der Waals surface area contributed by atoms with Crippen LogP contribution in [0.2, 0.25) is 10.0 Å². The van der Waals surface area contributed by atoms with E-state index in [9.17, 15) is 9.65 Å². The number of pyridine rings is 2. The molecule has 0 bridgehead atoms. The predicted octanol–water partition coefficient (Wildman–Crippen LogP) is 8.13. The van der Waals surface area contributed by atoms with Crippen molar-refractivity contribution in [2.75, 3.05) is 17.2 Å². The first-order chi connectivity index (χ1) is 22.0. The molecule has 0 spiro atoms. The Labute approximate surface area is 277 Å². The lowest BCUT2D eigenvalue weighted by Gasteiger charge is -2.38. The zero-order valence-electron chi connectivity index (χ0n) is 25.9. The normalized spacial score (nSPS) is 17.4. The Bertz CT molecular complexity index is 1950. The van der Waals surface area contributed by atoms with E-state index in [1.54, 1.807) is 24.4 Å². The van der Waals surface area contributed by atoms with Crippen LogP contribution in [-0.2, 0) is 0 Å². The molecule has 3 atom stereocenters. The second-order valence-corrected chi connectivity index (χ2v) is 13.5. The van der Waals surface area contributed by atoms with Gasteiger partial charge in [0.25, 0.3) is 0 Å². The fraction of sp³-hybridized carbons (Fsp3) is 0.324. The molecule has 0 amide bonds. The van der Waals surface area contributed by atoms with Crippen molar-refractivity contribution in [1.29, 1.82) is 5.26 Å². The van der Waals surface area contributed by atoms with E-state index in [0.717, 1.165) is 36.3 Å². The molecule has 9 nitrogen and oxygen atoms in total. The molecule has 46 heavy (non-hydrogen) atoms. The van der Waals surface area contributed by atoms with Crippen LogP contribution in [0.5, 0.6) is 0 Å². The quantitative estimate of drug-likeness (QED) is 0.161. The van der Waals surface area contributed by atoms with Gasteiger partial charge in [-0.1, -0.05) is 61.3 Å². The number of fused-ring (bicyclic) bond motifs is 1. The van der Waals surface area contributed by atoms with Crippen LogP contribution in [0.25, 0.3) is 10.9 Å². The van der Waals surface area contributed by atoms with Crippen molar-refractivity contribution in [3.63, 3.8) is 0 Å². The summed E-state index contributed by atoms with van der Waals surface area (Å²) in [5.74, 6) is -0.629. The highest BCUT2D eigenvalue weighted by molar-refractivity contribution is 6.36. The zero-order valence-corrected chi connectivity index (χ0v) is 27.5. The highest BCUT2D eigenvalue weighted by atomic mass is 35.5. The van der Waals surface area contributed by atoms with Gasteiger partial charge in [-0.3, -0.25) is 9.97 Å². The van der Waals surface area contributed by atoms with E-state index < -0.39 is 11.9 Å². The molecule has 0 aliphatic carbocycles. The van der Waals surface area contributed by atoms with Crippen LogP contribution in [0.15, 0.2) is 61.1 Å². The number of aryl methyl sites for hydroxylation is 1. The maximum atomic E-state index is 14.9. The molecule has 3 N–H and O–H groups in total. The average molecular weight is 659 g/mol. The molecule has 0 saturated carbocycles. The molecule has 3 unspecified atom stereocenters. The number of hydrogen-bond acceptors (Lipinski definition) is 8. The summed E-state index contributed by atoms with van der Waals surface area (Å²) < 4.78 is 16.9. The maximum Gasteiger partial charge on any atom is 0.165 e. The van der Waals surface area contributed by atoms with Crippen LogP contribution in [0.1, 0.15) is 68.2 Å². The summed E-state index contributed by atoms with van der Waals surface area (Å²) in [4.78, 5) is 8.98. The molecule has 2 aromatic carbocycles. The Morgan fingerprint density at radius 3 is 2.72 bits per heavy atom. The van der Waals surface area contributed by atoms with Crippen LogP contribution in [0.3, 0.4) is 0 Å². The molecule has 1 fully saturated rings. The number of hydrogen-bond donors (Lipinski definition) is 3. The first-order valence-electron chi connectivity index (χ1n) is 15.1. The number of nitrogens with zero attached hydrogens (tertiary/aromatic N) is 6. The number of aromatic nitrogens is 5. The van der Waals surface area contributed by atoms with E-state index in [2.05, 4.69) is 63.1 Å². The second-order valence-electron chi connectivity index (χ2n) is 12.7. The number of nitriles is 1. The van der Waals surface area contributed by atoms with E-state index in [-0.39, 0.29) is 27.7 Å². The summed E-state index contributed by atoms with van der Waals surface area (Å²) >= 11 is 12.8. The van der Waals surface area contributed by atoms with Gasteiger partial charge in [-0.15, -0.1) is 5.10 Å². The summed E-state index contributed by atoms with van der Waals surface area (Å²) in [6.45, 7) is 9.62. The number of piperidine rings is 1. The summed E-state index contributed by atoms with van der Waals surface area (Å²) in [5.41, 5.74) is 4.41. The smallest absolute Gasteiger partial charge is 0.165 e. The van der Waals surface area contributed by atoms with Crippen molar-refractivity contribution in [3.8, 4) is 6.07 Å². The molecule has 3 aromatic heterocycles. The van der Waals surface area contributed by atoms with Crippen LogP contribution in [0.4, 0.5) is 21.5 Å². The standard InChI is InChI=1S/C34H34Cl2FN9/c1-19-23(7-6-11-39-19)33(28-18-46(45-44-28)22-10-12-40-29(15-22)34(2,3)4)42-21-13-24-31(43-27-9-5-8-25(35)30(27)37)20(16-38)17-41-32(24)26(36)14-21/h5-9,11,13-14,17-18,22,29,33,40,42H,10,12,15H2,1-4H3,(H,41,43). The van der Waals surface area contributed by atoms with Crippen LogP contribution in [0, 0.1) is 29.5 Å². The highest BCUT2D eigenvalue weighted by Gasteiger charge is 2.32. The van der Waals surface area contributed by atoms with E-state index >= 15 is 0 Å². The number of halogens is 3. The minimum absolute atomic E-state index is 0.0385. The van der Waals surface area contributed by atoms with Gasteiger partial charge in [0.1, 0.15) is 11.8 Å². The molecule has 1 aliphatic rings. The molecular formula is C34H34Cl2FN9. The molecule has 1 saturated heterocycles. The lowest BCUT2D eigenvalue weighted by molar-refractivity contribution is 0.179. The summed E-state index contributed by atoms with van der Waals surface area (Å²) in [6, 6.07) is 14.4. The summed E-state index contributed by atoms with van der Waals surface area (Å²) in [7, 11) is 0. The number of nitrogens with one attached hydrogen (secondary N) is 3. The maximum absolute atomic E-state index is 14.9. The van der Waals surface area contributed by atoms with Gasteiger partial charge in [-0.25, -0.2) is 9.07 Å². The highest BCUT2D eigenvalue weighted by Crippen LogP contribution is 2.38. The molecule has 1 aliphatic heterocycles. The minimum Gasteiger partial charge on any atom is -0.373 e. The van der Waals surface area contributed by atoms with Gasteiger partial charge >= 0.3 is 0 Å². The number of benzene rings is 2. The Kier molecular flexibility index (Phi) is 8.84. The molecule has 4 heterocycles. The lowest BCUT2D eigenvalue weighted by atomic mass is 9.80. The van der Waals surface area contributed by atoms with Gasteiger partial charge in [0.2, 0.25) is 0 Å². The van der Waals surface area contributed by atoms with E-state index in [1.807, 2.05) is 36.0 Å². The molecule has 0 radical (unpaired) electrons. The van der Waals surface area contributed by atoms with Gasteiger partial charge in [-0.2, -0.15) is 5.26 Å². The fourth-order valence-electron chi connectivity index (χ4n) is 5.98. The van der Waals surface area contributed by atoms with Crippen LogP contribution in [-0.4, -0.2) is 37.5 Å². The first kappa shape index (κ1) is 31.7. The Balaban J connectivity index is 1.40. The molecule has 236 valence electrons. The van der Waals surface area contributed by atoms with E-state index in [0.29, 0.717) is 33.3 Å². The monoisotopic (exact) mass is 657 g/mol. The lowest BCUT2D eigenvalue weighted by Crippen LogP contribution is -2.46. The third-order valence-electron chi connectivity index (χ3n) is 8.55. The first-order valence-corrected chi connectivity index (χ1v) is 15.9. The van der Waals surface area contributed by atoms with Gasteiger partial charge in [0.05, 0.1) is 50.8 Å². The Morgan fingerprint density at radius 2 is 1.96 bits per heavy atom. The SMILES string of the molecule is Cc1ncccc1C(Nc1cc(Cl)c2ncc(C#N)c(Nc3cccc(Cl)c3F)c2c1)c1cn(C2CCNC(C(C)(C)C)C2)nn1. The van der Waals surface area contributed by atoms with Crippen molar-refractivity contribution in [2.45, 2.75) is 58.7 Å². The number of rotatable bonds is 7. The van der Waals surface area contributed by atoms with Crippen molar-refractivity contribution in [3.05, 3.63) is 99.4 Å². The largest absolute Gasteiger partial charge is 0.373 e. The molecule has 6 rings (SSSR count). The van der Waals surface area contributed by atoms with Gasteiger partial charge < -0.3 is 16.0 Å². The minimum atomic E-state index is -0.629. The van der Waals surface area contributed by atoms with Gasteiger partial charge in [-0.05, 0) is 62.1 Å². The summed E-state index contributed by atoms with van der Waals surface area (Å²) in [6.07, 6.45) is 7.08. The third kappa shape index (κ3) is 6.36. The Morgan fingerprint density at radius 1 is 1.13 bits per heavy atom. The molecular weight excluding hydrogens is 624 g/mol. The predicted molar refractivity (Wildman–Crippen MR) is 180 cm³/mol. The van der Waals surface area contributed by atoms with Gasteiger partial charge in [0, 0.05) is 40.8 Å². The van der Waals surface area contributed by atoms with Crippen molar-refractivity contribution in [2.24, 2.45) is 5.41 Å². The second kappa shape index (κ2) is 12.8. The van der Waals surface area contributed by atoms with Gasteiger partial charge in [0.15, 0.2) is 5.82 Å². The van der Waals surface area contributed by atoms with Crippen molar-refractivity contribution in [1.82, 2.24) is 30.3 Å². The third-order valence-corrected chi connectivity index (χ3v) is 9.13. The summed E-state index contributed by atoms with van der Waals surface area (Å²) in [5, 5.41) is 30.3.